The van der Waals surface area contributed by atoms with Crippen molar-refractivity contribution < 1.29 is 9.47 Å². The van der Waals surface area contributed by atoms with E-state index in [9.17, 15) is 0 Å². The van der Waals surface area contributed by atoms with Crippen LogP contribution < -0.4 is 20.9 Å². The predicted molar refractivity (Wildman–Crippen MR) is 73.9 cm³/mol. The molecule has 4 heteroatoms. The van der Waals surface area contributed by atoms with Gasteiger partial charge in [0.05, 0.1) is 14.2 Å². The van der Waals surface area contributed by atoms with Crippen LogP contribution in [-0.2, 0) is 0 Å². The first kappa shape index (κ1) is 14.8. The van der Waals surface area contributed by atoms with Gasteiger partial charge in [0, 0.05) is 11.6 Å². The van der Waals surface area contributed by atoms with Crippen LogP contribution in [0.25, 0.3) is 0 Å². The molecule has 18 heavy (non-hydrogen) atoms. The van der Waals surface area contributed by atoms with Crippen LogP contribution in [0.15, 0.2) is 18.2 Å². The van der Waals surface area contributed by atoms with E-state index in [1.54, 1.807) is 14.2 Å². The first-order chi connectivity index (χ1) is 8.43. The molecular formula is C14H24N2O2. The van der Waals surface area contributed by atoms with Gasteiger partial charge in [0.15, 0.2) is 0 Å². The summed E-state index contributed by atoms with van der Waals surface area (Å²) in [5.74, 6) is 1.57. The van der Waals surface area contributed by atoms with E-state index in [4.69, 9.17) is 20.9 Å². The van der Waals surface area contributed by atoms with Crippen molar-refractivity contribution in [1.29, 1.82) is 0 Å². The Morgan fingerprint density at radius 2 is 1.89 bits per heavy atom. The highest BCUT2D eigenvalue weighted by atomic mass is 16.5. The van der Waals surface area contributed by atoms with E-state index in [0.29, 0.717) is 6.54 Å². The molecule has 0 bridgehead atoms. The van der Waals surface area contributed by atoms with Crippen molar-refractivity contribution in [3.63, 3.8) is 0 Å². The number of benzene rings is 1. The highest BCUT2D eigenvalue weighted by Gasteiger charge is 2.23. The fourth-order valence-electron chi connectivity index (χ4n) is 1.92. The number of methoxy groups -OCH3 is 2. The molecule has 1 atom stereocenters. The summed E-state index contributed by atoms with van der Waals surface area (Å²) in [6.45, 7) is 4.83. The molecule has 1 unspecified atom stereocenters. The van der Waals surface area contributed by atoms with Crippen molar-refractivity contribution in [3.8, 4) is 11.5 Å². The van der Waals surface area contributed by atoms with Crippen LogP contribution in [0, 0.1) is 5.41 Å². The van der Waals surface area contributed by atoms with Gasteiger partial charge in [-0.2, -0.15) is 0 Å². The van der Waals surface area contributed by atoms with Crippen LogP contribution in [0.5, 0.6) is 11.5 Å². The Morgan fingerprint density at radius 1 is 1.22 bits per heavy atom. The van der Waals surface area contributed by atoms with Gasteiger partial charge in [0.25, 0.3) is 0 Å². The third-order valence-corrected chi connectivity index (χ3v) is 3.16. The van der Waals surface area contributed by atoms with Crippen LogP contribution in [0.4, 0.5) is 0 Å². The van der Waals surface area contributed by atoms with Gasteiger partial charge in [-0.25, -0.2) is 0 Å². The molecule has 0 aliphatic heterocycles. The molecule has 102 valence electrons. The molecule has 0 amide bonds. The van der Waals surface area contributed by atoms with Gasteiger partial charge >= 0.3 is 0 Å². The Balaban J connectivity index is 2.99. The zero-order chi connectivity index (χ0) is 13.8. The standard InChI is InChI=1S/C14H24N2O2/c1-14(2,9-15)8-12(16)11-7-10(17-3)5-6-13(11)18-4/h5-7,12H,8-9,15-16H2,1-4H3. The fraction of sp³-hybridized carbons (Fsp3) is 0.571. The second-order valence-corrected chi connectivity index (χ2v) is 5.29. The highest BCUT2D eigenvalue weighted by molar-refractivity contribution is 5.42. The van der Waals surface area contributed by atoms with Gasteiger partial charge in [-0.3, -0.25) is 0 Å². The van der Waals surface area contributed by atoms with Crippen molar-refractivity contribution in [3.05, 3.63) is 23.8 Å². The summed E-state index contributed by atoms with van der Waals surface area (Å²) in [4.78, 5) is 0. The lowest BCUT2D eigenvalue weighted by atomic mass is 9.84. The Bertz CT molecular complexity index is 391. The second kappa shape index (κ2) is 6.07. The van der Waals surface area contributed by atoms with Crippen molar-refractivity contribution in [2.75, 3.05) is 20.8 Å². The van der Waals surface area contributed by atoms with E-state index in [2.05, 4.69) is 13.8 Å². The topological polar surface area (TPSA) is 70.5 Å². The molecule has 0 saturated heterocycles. The summed E-state index contributed by atoms with van der Waals surface area (Å²) in [6, 6.07) is 5.55. The average Bonchev–Trinajstić information content (AvgIpc) is 2.37. The SMILES string of the molecule is COc1ccc(OC)c(C(N)CC(C)(C)CN)c1. The van der Waals surface area contributed by atoms with E-state index in [-0.39, 0.29) is 11.5 Å². The third-order valence-electron chi connectivity index (χ3n) is 3.16. The molecule has 1 aromatic carbocycles. The molecule has 4 N–H and O–H groups in total. The fourth-order valence-corrected chi connectivity index (χ4v) is 1.92. The largest absolute Gasteiger partial charge is 0.497 e. The van der Waals surface area contributed by atoms with Crippen LogP contribution in [0.3, 0.4) is 0 Å². The molecule has 0 aromatic heterocycles. The number of nitrogens with two attached hydrogens (primary N) is 2. The molecule has 1 rings (SSSR count). The first-order valence-corrected chi connectivity index (χ1v) is 6.11. The Hall–Kier alpha value is -1.26. The van der Waals surface area contributed by atoms with E-state index in [0.717, 1.165) is 23.5 Å². The van der Waals surface area contributed by atoms with Crippen molar-refractivity contribution in [2.24, 2.45) is 16.9 Å². The van der Waals surface area contributed by atoms with Crippen LogP contribution in [0.2, 0.25) is 0 Å². The minimum Gasteiger partial charge on any atom is -0.497 e. The lowest BCUT2D eigenvalue weighted by Gasteiger charge is -2.27. The Labute approximate surface area is 109 Å². The number of rotatable bonds is 6. The summed E-state index contributed by atoms with van der Waals surface area (Å²) in [7, 11) is 3.28. The Kier molecular flexibility index (Phi) is 4.99. The highest BCUT2D eigenvalue weighted by Crippen LogP contribution is 2.34. The molecular weight excluding hydrogens is 228 g/mol. The van der Waals surface area contributed by atoms with Gasteiger partial charge in [-0.05, 0) is 36.6 Å². The van der Waals surface area contributed by atoms with Gasteiger partial charge in [-0.15, -0.1) is 0 Å². The van der Waals surface area contributed by atoms with Crippen molar-refractivity contribution >= 4 is 0 Å². The average molecular weight is 252 g/mol. The number of ether oxygens (including phenoxy) is 2. The zero-order valence-corrected chi connectivity index (χ0v) is 11.7. The van der Waals surface area contributed by atoms with E-state index < -0.39 is 0 Å². The minimum absolute atomic E-state index is 0.00745. The van der Waals surface area contributed by atoms with E-state index >= 15 is 0 Å². The molecule has 4 nitrogen and oxygen atoms in total. The maximum Gasteiger partial charge on any atom is 0.123 e. The zero-order valence-electron chi connectivity index (χ0n) is 11.7. The third kappa shape index (κ3) is 3.62. The normalized spacial score (nSPS) is 13.2. The molecule has 0 saturated carbocycles. The number of hydrogen-bond donors (Lipinski definition) is 2. The van der Waals surface area contributed by atoms with Gasteiger partial charge in [0.2, 0.25) is 0 Å². The predicted octanol–water partition coefficient (Wildman–Crippen LogP) is 2.08. The van der Waals surface area contributed by atoms with Gasteiger partial charge in [0.1, 0.15) is 11.5 Å². The second-order valence-electron chi connectivity index (χ2n) is 5.29. The minimum atomic E-state index is -0.117. The maximum atomic E-state index is 6.27. The molecule has 0 spiro atoms. The van der Waals surface area contributed by atoms with Crippen molar-refractivity contribution in [2.45, 2.75) is 26.3 Å². The summed E-state index contributed by atoms with van der Waals surface area (Å²) >= 11 is 0. The van der Waals surface area contributed by atoms with Crippen LogP contribution in [-0.4, -0.2) is 20.8 Å². The quantitative estimate of drug-likeness (QED) is 0.813. The Morgan fingerprint density at radius 3 is 2.39 bits per heavy atom. The molecule has 0 heterocycles. The van der Waals surface area contributed by atoms with E-state index in [1.807, 2.05) is 18.2 Å². The smallest absolute Gasteiger partial charge is 0.123 e. The number of hydrogen-bond acceptors (Lipinski definition) is 4. The van der Waals surface area contributed by atoms with Crippen molar-refractivity contribution in [1.82, 2.24) is 0 Å². The lowest BCUT2D eigenvalue weighted by molar-refractivity contribution is 0.311. The molecule has 1 aromatic rings. The van der Waals surface area contributed by atoms with Gasteiger partial charge < -0.3 is 20.9 Å². The summed E-state index contributed by atoms with van der Waals surface area (Å²) in [5, 5.41) is 0. The monoisotopic (exact) mass is 252 g/mol. The first-order valence-electron chi connectivity index (χ1n) is 6.11. The molecule has 0 aliphatic carbocycles. The van der Waals surface area contributed by atoms with Crippen LogP contribution in [0.1, 0.15) is 31.9 Å². The summed E-state index contributed by atoms with van der Waals surface area (Å²) in [5.41, 5.74) is 13.0. The molecule has 0 fully saturated rings. The molecule has 0 aliphatic rings. The van der Waals surface area contributed by atoms with E-state index in [1.165, 1.54) is 0 Å². The van der Waals surface area contributed by atoms with Crippen LogP contribution >= 0.6 is 0 Å². The summed E-state index contributed by atoms with van der Waals surface area (Å²) in [6.07, 6.45) is 0.799. The summed E-state index contributed by atoms with van der Waals surface area (Å²) < 4.78 is 10.6. The van der Waals surface area contributed by atoms with Gasteiger partial charge in [-0.1, -0.05) is 13.8 Å². The molecule has 0 radical (unpaired) electrons. The maximum absolute atomic E-state index is 6.27. The lowest BCUT2D eigenvalue weighted by Crippen LogP contribution is -2.28.